The van der Waals surface area contributed by atoms with Gasteiger partial charge >= 0.3 is 0 Å². The van der Waals surface area contributed by atoms with E-state index in [-0.39, 0.29) is 0 Å². The molecule has 1 aliphatic rings. The van der Waals surface area contributed by atoms with Crippen molar-refractivity contribution in [3.8, 4) is 0 Å². The van der Waals surface area contributed by atoms with E-state index in [0.717, 1.165) is 0 Å². The van der Waals surface area contributed by atoms with E-state index >= 15 is 0 Å². The molecule has 0 spiro atoms. The first-order valence-corrected chi connectivity index (χ1v) is 6.85. The Bertz CT molecular complexity index is 558. The van der Waals surface area contributed by atoms with Crippen LogP contribution in [0.5, 0.6) is 0 Å². The minimum atomic E-state index is -0.635. The molecule has 1 aromatic carbocycles. The van der Waals surface area contributed by atoms with Crippen LogP contribution in [0.1, 0.15) is 44.7 Å². The molecular formula is C16H21NO. The van der Waals surface area contributed by atoms with E-state index in [2.05, 4.69) is 35.0 Å². The van der Waals surface area contributed by atoms with E-state index in [9.17, 15) is 5.11 Å². The summed E-state index contributed by atoms with van der Waals surface area (Å²) in [5.74, 6) is 0. The van der Waals surface area contributed by atoms with Crippen LogP contribution in [0.2, 0.25) is 0 Å². The molecule has 0 aliphatic heterocycles. The van der Waals surface area contributed by atoms with Gasteiger partial charge in [-0.1, -0.05) is 6.07 Å². The Morgan fingerprint density at radius 2 is 2.06 bits per heavy atom. The molecule has 2 heteroatoms. The van der Waals surface area contributed by atoms with Crippen molar-refractivity contribution in [2.24, 2.45) is 0 Å². The lowest BCUT2D eigenvalue weighted by molar-refractivity contribution is 0.0810. The van der Waals surface area contributed by atoms with Gasteiger partial charge in [0.15, 0.2) is 0 Å². The van der Waals surface area contributed by atoms with E-state index in [1.807, 2.05) is 13.8 Å². The SMILES string of the molecule is CC(C)(O)Cc1ccc2c(ccn2C2CCC2)c1. The molecule has 1 saturated carbocycles. The third-order valence-corrected chi connectivity index (χ3v) is 3.89. The maximum atomic E-state index is 9.88. The minimum absolute atomic E-state index is 0.635. The molecule has 2 aromatic rings. The molecule has 18 heavy (non-hydrogen) atoms. The highest BCUT2D eigenvalue weighted by molar-refractivity contribution is 5.81. The van der Waals surface area contributed by atoms with Crippen molar-refractivity contribution in [1.29, 1.82) is 0 Å². The second-order valence-electron chi connectivity index (χ2n) is 6.19. The number of hydrogen-bond donors (Lipinski definition) is 1. The van der Waals surface area contributed by atoms with Crippen LogP contribution >= 0.6 is 0 Å². The van der Waals surface area contributed by atoms with Gasteiger partial charge in [-0.05, 0) is 62.3 Å². The second-order valence-corrected chi connectivity index (χ2v) is 6.19. The highest BCUT2D eigenvalue weighted by Gasteiger charge is 2.20. The van der Waals surface area contributed by atoms with E-state index in [1.165, 1.54) is 35.7 Å². The van der Waals surface area contributed by atoms with Crippen LogP contribution in [0, 0.1) is 0 Å². The number of benzene rings is 1. The molecule has 0 radical (unpaired) electrons. The van der Waals surface area contributed by atoms with Crippen LogP contribution in [-0.2, 0) is 6.42 Å². The molecule has 0 amide bonds. The molecule has 0 atom stereocenters. The fourth-order valence-corrected chi connectivity index (χ4v) is 2.81. The van der Waals surface area contributed by atoms with Gasteiger partial charge in [0.25, 0.3) is 0 Å². The normalized spacial score (nSPS) is 17.1. The van der Waals surface area contributed by atoms with Crippen molar-refractivity contribution >= 4 is 10.9 Å². The standard InChI is InChI=1S/C16H21NO/c1-16(2,18)11-12-6-7-15-13(10-12)8-9-17(15)14-4-3-5-14/h6-10,14,18H,3-5,11H2,1-2H3. The fourth-order valence-electron chi connectivity index (χ4n) is 2.81. The summed E-state index contributed by atoms with van der Waals surface area (Å²) in [5, 5.41) is 11.2. The molecule has 1 aliphatic carbocycles. The molecule has 3 rings (SSSR count). The number of aromatic nitrogens is 1. The highest BCUT2D eigenvalue weighted by atomic mass is 16.3. The van der Waals surface area contributed by atoms with Crippen LogP contribution in [0.3, 0.4) is 0 Å². The lowest BCUT2D eigenvalue weighted by Gasteiger charge is -2.28. The highest BCUT2D eigenvalue weighted by Crippen LogP contribution is 2.34. The van der Waals surface area contributed by atoms with Gasteiger partial charge in [0.1, 0.15) is 0 Å². The second kappa shape index (κ2) is 4.13. The summed E-state index contributed by atoms with van der Waals surface area (Å²) in [7, 11) is 0. The summed E-state index contributed by atoms with van der Waals surface area (Å²) in [4.78, 5) is 0. The van der Waals surface area contributed by atoms with Crippen molar-refractivity contribution in [3.05, 3.63) is 36.0 Å². The monoisotopic (exact) mass is 243 g/mol. The van der Waals surface area contributed by atoms with Gasteiger partial charge in [0.2, 0.25) is 0 Å². The van der Waals surface area contributed by atoms with E-state index in [4.69, 9.17) is 0 Å². The maximum Gasteiger partial charge on any atom is 0.0631 e. The first-order chi connectivity index (χ1) is 8.53. The third-order valence-electron chi connectivity index (χ3n) is 3.89. The molecular weight excluding hydrogens is 222 g/mol. The van der Waals surface area contributed by atoms with Crippen molar-refractivity contribution < 1.29 is 5.11 Å². The first-order valence-electron chi connectivity index (χ1n) is 6.85. The Balaban J connectivity index is 1.94. The van der Waals surface area contributed by atoms with Crippen molar-refractivity contribution in [3.63, 3.8) is 0 Å². The smallest absolute Gasteiger partial charge is 0.0631 e. The number of hydrogen-bond acceptors (Lipinski definition) is 1. The topological polar surface area (TPSA) is 25.2 Å². The summed E-state index contributed by atoms with van der Waals surface area (Å²) in [5.41, 5.74) is 1.91. The lowest BCUT2D eigenvalue weighted by Crippen LogP contribution is -2.21. The zero-order valence-electron chi connectivity index (χ0n) is 11.2. The first kappa shape index (κ1) is 11.8. The van der Waals surface area contributed by atoms with Crippen LogP contribution in [0.15, 0.2) is 30.5 Å². The minimum Gasteiger partial charge on any atom is -0.390 e. The summed E-state index contributed by atoms with van der Waals surface area (Å²) in [6.07, 6.45) is 6.91. The Morgan fingerprint density at radius 3 is 2.67 bits per heavy atom. The number of fused-ring (bicyclic) bond motifs is 1. The van der Waals surface area contributed by atoms with Gasteiger partial charge in [0.05, 0.1) is 5.60 Å². The van der Waals surface area contributed by atoms with Crippen LogP contribution in [0.25, 0.3) is 10.9 Å². The van der Waals surface area contributed by atoms with Gasteiger partial charge in [-0.3, -0.25) is 0 Å². The van der Waals surface area contributed by atoms with E-state index < -0.39 is 5.60 Å². The van der Waals surface area contributed by atoms with Gasteiger partial charge in [-0.15, -0.1) is 0 Å². The van der Waals surface area contributed by atoms with Crippen LogP contribution in [-0.4, -0.2) is 15.3 Å². The predicted molar refractivity (Wildman–Crippen MR) is 74.8 cm³/mol. The molecule has 1 N–H and O–H groups in total. The summed E-state index contributed by atoms with van der Waals surface area (Å²) in [6, 6.07) is 9.47. The average molecular weight is 243 g/mol. The van der Waals surface area contributed by atoms with Crippen LogP contribution in [0.4, 0.5) is 0 Å². The molecule has 0 saturated heterocycles. The van der Waals surface area contributed by atoms with Crippen molar-refractivity contribution in [2.75, 3.05) is 0 Å². The Morgan fingerprint density at radius 1 is 1.28 bits per heavy atom. The summed E-state index contributed by atoms with van der Waals surface area (Å²) < 4.78 is 2.41. The zero-order chi connectivity index (χ0) is 12.8. The number of nitrogens with zero attached hydrogens (tertiary/aromatic N) is 1. The Labute approximate surface area is 108 Å². The molecule has 1 fully saturated rings. The number of aliphatic hydroxyl groups is 1. The molecule has 1 heterocycles. The molecule has 1 aromatic heterocycles. The summed E-state index contributed by atoms with van der Waals surface area (Å²) in [6.45, 7) is 3.72. The quantitative estimate of drug-likeness (QED) is 0.874. The number of rotatable bonds is 3. The predicted octanol–water partition coefficient (Wildman–Crippen LogP) is 3.68. The molecule has 96 valence electrons. The van der Waals surface area contributed by atoms with Crippen molar-refractivity contribution in [2.45, 2.75) is 51.2 Å². The van der Waals surface area contributed by atoms with Crippen LogP contribution < -0.4 is 0 Å². The third kappa shape index (κ3) is 2.17. The maximum absolute atomic E-state index is 9.88. The molecule has 0 unspecified atom stereocenters. The molecule has 0 bridgehead atoms. The van der Waals surface area contributed by atoms with Gasteiger partial charge in [-0.2, -0.15) is 0 Å². The van der Waals surface area contributed by atoms with E-state index in [0.29, 0.717) is 12.5 Å². The Hall–Kier alpha value is -1.28. The Kier molecular flexibility index (Phi) is 2.70. The van der Waals surface area contributed by atoms with Gasteiger partial charge in [-0.25, -0.2) is 0 Å². The average Bonchev–Trinajstić information content (AvgIpc) is 2.56. The summed E-state index contributed by atoms with van der Waals surface area (Å²) >= 11 is 0. The lowest BCUT2D eigenvalue weighted by atomic mass is 9.92. The molecule has 2 nitrogen and oxygen atoms in total. The fraction of sp³-hybridized carbons (Fsp3) is 0.500. The largest absolute Gasteiger partial charge is 0.390 e. The van der Waals surface area contributed by atoms with E-state index in [1.54, 1.807) is 0 Å². The van der Waals surface area contributed by atoms with Crippen molar-refractivity contribution in [1.82, 2.24) is 4.57 Å². The van der Waals surface area contributed by atoms with Gasteiger partial charge in [0, 0.05) is 24.2 Å². The zero-order valence-corrected chi connectivity index (χ0v) is 11.2. The van der Waals surface area contributed by atoms with Gasteiger partial charge < -0.3 is 9.67 Å².